The highest BCUT2D eigenvalue weighted by molar-refractivity contribution is 5.55. The minimum atomic E-state index is -0.160. The van der Waals surface area contributed by atoms with Crippen molar-refractivity contribution in [3.63, 3.8) is 0 Å². The molecule has 0 saturated carbocycles. The van der Waals surface area contributed by atoms with E-state index in [-0.39, 0.29) is 17.4 Å². The summed E-state index contributed by atoms with van der Waals surface area (Å²) in [5.74, 6) is 3.24. The molecule has 0 bridgehead atoms. The van der Waals surface area contributed by atoms with Gasteiger partial charge < -0.3 is 24.7 Å². The fraction of sp³-hybridized carbons (Fsp3) is 0.455. The van der Waals surface area contributed by atoms with Crippen molar-refractivity contribution in [1.82, 2.24) is 0 Å². The van der Waals surface area contributed by atoms with Gasteiger partial charge in [-0.05, 0) is 47.1 Å². The van der Waals surface area contributed by atoms with Crippen LogP contribution in [0.2, 0.25) is 0 Å². The summed E-state index contributed by atoms with van der Waals surface area (Å²) in [4.78, 5) is 0. The zero-order valence-corrected chi connectivity index (χ0v) is 17.0. The standard InChI is InChI=1S/C22H29NO4/c1-22(2)15(13-7-8-18(25-4)19(9-13)26-5)12-17(23)21-16(22)10-14(24-3)11-20(21)27-6/h7-11,15,17H,12,23H2,1-6H3. The van der Waals surface area contributed by atoms with Crippen molar-refractivity contribution in [2.24, 2.45) is 5.73 Å². The van der Waals surface area contributed by atoms with Gasteiger partial charge in [0.15, 0.2) is 11.5 Å². The van der Waals surface area contributed by atoms with Gasteiger partial charge in [0.2, 0.25) is 0 Å². The Hall–Kier alpha value is -2.40. The van der Waals surface area contributed by atoms with Crippen molar-refractivity contribution in [3.8, 4) is 23.0 Å². The van der Waals surface area contributed by atoms with E-state index in [1.807, 2.05) is 12.1 Å². The van der Waals surface area contributed by atoms with Crippen molar-refractivity contribution >= 4 is 0 Å². The monoisotopic (exact) mass is 371 g/mol. The van der Waals surface area contributed by atoms with Gasteiger partial charge in [0.1, 0.15) is 11.5 Å². The highest BCUT2D eigenvalue weighted by Gasteiger charge is 2.42. The lowest BCUT2D eigenvalue weighted by Gasteiger charge is -2.44. The molecule has 0 radical (unpaired) electrons. The lowest BCUT2D eigenvalue weighted by molar-refractivity contribution is 0.314. The van der Waals surface area contributed by atoms with Crippen LogP contribution in [0.1, 0.15) is 48.9 Å². The first-order valence-electron chi connectivity index (χ1n) is 9.11. The molecule has 5 heteroatoms. The van der Waals surface area contributed by atoms with Crippen LogP contribution in [-0.2, 0) is 5.41 Å². The van der Waals surface area contributed by atoms with Crippen LogP contribution in [0.3, 0.4) is 0 Å². The second kappa shape index (κ2) is 7.31. The molecule has 2 atom stereocenters. The summed E-state index contributed by atoms with van der Waals surface area (Å²) < 4.78 is 22.0. The smallest absolute Gasteiger partial charge is 0.160 e. The number of hydrogen-bond donors (Lipinski definition) is 1. The number of methoxy groups -OCH3 is 4. The predicted molar refractivity (Wildman–Crippen MR) is 106 cm³/mol. The van der Waals surface area contributed by atoms with E-state index in [4.69, 9.17) is 24.7 Å². The molecule has 0 fully saturated rings. The molecule has 0 spiro atoms. The van der Waals surface area contributed by atoms with Crippen LogP contribution < -0.4 is 24.7 Å². The van der Waals surface area contributed by atoms with Crippen LogP contribution >= 0.6 is 0 Å². The third kappa shape index (κ3) is 3.21. The van der Waals surface area contributed by atoms with E-state index < -0.39 is 0 Å². The van der Waals surface area contributed by atoms with Crippen LogP contribution in [-0.4, -0.2) is 28.4 Å². The molecule has 0 saturated heterocycles. The van der Waals surface area contributed by atoms with Gasteiger partial charge in [-0.25, -0.2) is 0 Å². The summed E-state index contributed by atoms with van der Waals surface area (Å²) in [7, 11) is 6.65. The van der Waals surface area contributed by atoms with E-state index in [1.165, 1.54) is 5.56 Å². The lowest BCUT2D eigenvalue weighted by Crippen LogP contribution is -2.37. The largest absolute Gasteiger partial charge is 0.497 e. The van der Waals surface area contributed by atoms with Crippen molar-refractivity contribution < 1.29 is 18.9 Å². The number of nitrogens with two attached hydrogens (primary N) is 1. The molecular weight excluding hydrogens is 342 g/mol. The normalized spacial score (nSPS) is 20.6. The maximum Gasteiger partial charge on any atom is 0.160 e. The lowest BCUT2D eigenvalue weighted by atomic mass is 9.62. The first-order chi connectivity index (χ1) is 12.9. The first kappa shape index (κ1) is 19.4. The average Bonchev–Trinajstić information content (AvgIpc) is 2.69. The van der Waals surface area contributed by atoms with Crippen molar-refractivity contribution in [3.05, 3.63) is 47.0 Å². The maximum absolute atomic E-state index is 6.61. The number of fused-ring (bicyclic) bond motifs is 1. The van der Waals surface area contributed by atoms with Crippen LogP contribution in [0.5, 0.6) is 23.0 Å². The molecule has 27 heavy (non-hydrogen) atoms. The number of ether oxygens (including phenoxy) is 4. The maximum atomic E-state index is 6.61. The van der Waals surface area contributed by atoms with E-state index in [0.29, 0.717) is 0 Å². The molecule has 0 aromatic heterocycles. The first-order valence-corrected chi connectivity index (χ1v) is 9.11. The molecule has 2 aromatic rings. The van der Waals surface area contributed by atoms with Gasteiger partial charge in [0.05, 0.1) is 28.4 Å². The molecule has 1 aliphatic rings. The molecule has 0 heterocycles. The van der Waals surface area contributed by atoms with Gasteiger partial charge in [-0.3, -0.25) is 0 Å². The van der Waals surface area contributed by atoms with Gasteiger partial charge in [0.25, 0.3) is 0 Å². The van der Waals surface area contributed by atoms with Gasteiger partial charge >= 0.3 is 0 Å². The SMILES string of the molecule is COc1cc(OC)c2c(c1)C(C)(C)C(c1ccc(OC)c(OC)c1)CC2N. The Bertz CT molecular complexity index is 831. The van der Waals surface area contributed by atoms with Gasteiger partial charge in [-0.2, -0.15) is 0 Å². The van der Waals surface area contributed by atoms with Crippen molar-refractivity contribution in [2.75, 3.05) is 28.4 Å². The van der Waals surface area contributed by atoms with E-state index in [2.05, 4.69) is 32.0 Å². The van der Waals surface area contributed by atoms with Crippen molar-refractivity contribution in [2.45, 2.75) is 37.6 Å². The molecule has 2 aromatic carbocycles. The summed E-state index contributed by atoms with van der Waals surface area (Å²) in [6, 6.07) is 9.99. The molecule has 2 N–H and O–H groups in total. The van der Waals surface area contributed by atoms with Crippen LogP contribution in [0.4, 0.5) is 0 Å². The molecular formula is C22H29NO4. The van der Waals surface area contributed by atoms with E-state index in [0.717, 1.165) is 40.5 Å². The summed E-state index contributed by atoms with van der Waals surface area (Å²) in [6.45, 7) is 4.50. The topological polar surface area (TPSA) is 62.9 Å². The number of benzene rings is 2. The third-order valence-corrected chi connectivity index (χ3v) is 5.81. The van der Waals surface area contributed by atoms with Gasteiger partial charge in [0, 0.05) is 17.7 Å². The van der Waals surface area contributed by atoms with Gasteiger partial charge in [-0.1, -0.05) is 19.9 Å². The molecule has 0 amide bonds. The Labute approximate surface area is 161 Å². The highest BCUT2D eigenvalue weighted by Crippen LogP contribution is 2.53. The van der Waals surface area contributed by atoms with E-state index in [9.17, 15) is 0 Å². The zero-order chi connectivity index (χ0) is 19.8. The summed E-state index contributed by atoms with van der Waals surface area (Å²) in [6.07, 6.45) is 0.818. The summed E-state index contributed by atoms with van der Waals surface area (Å²) in [5, 5.41) is 0. The minimum Gasteiger partial charge on any atom is -0.497 e. The summed E-state index contributed by atoms with van der Waals surface area (Å²) in [5.41, 5.74) is 9.87. The second-order valence-corrected chi connectivity index (χ2v) is 7.52. The second-order valence-electron chi connectivity index (χ2n) is 7.52. The molecule has 1 aliphatic carbocycles. The predicted octanol–water partition coefficient (Wildman–Crippen LogP) is 4.19. The average molecular weight is 371 g/mol. The highest BCUT2D eigenvalue weighted by atomic mass is 16.5. The molecule has 146 valence electrons. The fourth-order valence-electron chi connectivity index (χ4n) is 4.28. The Balaban J connectivity index is 2.14. The van der Waals surface area contributed by atoms with Crippen LogP contribution in [0.25, 0.3) is 0 Å². The van der Waals surface area contributed by atoms with Crippen LogP contribution in [0, 0.1) is 0 Å². The molecule has 2 unspecified atom stereocenters. The Morgan fingerprint density at radius 1 is 0.852 bits per heavy atom. The van der Waals surface area contributed by atoms with E-state index >= 15 is 0 Å². The van der Waals surface area contributed by atoms with Crippen molar-refractivity contribution in [1.29, 1.82) is 0 Å². The number of rotatable bonds is 5. The zero-order valence-electron chi connectivity index (χ0n) is 17.0. The fourth-order valence-corrected chi connectivity index (χ4v) is 4.28. The molecule has 3 rings (SSSR count). The number of hydrogen-bond acceptors (Lipinski definition) is 5. The van der Waals surface area contributed by atoms with Crippen LogP contribution in [0.15, 0.2) is 30.3 Å². The van der Waals surface area contributed by atoms with Gasteiger partial charge in [-0.15, -0.1) is 0 Å². The Kier molecular flexibility index (Phi) is 5.24. The quantitative estimate of drug-likeness (QED) is 0.854. The summed E-state index contributed by atoms with van der Waals surface area (Å²) >= 11 is 0. The molecule has 5 nitrogen and oxygen atoms in total. The minimum absolute atomic E-state index is 0.119. The third-order valence-electron chi connectivity index (χ3n) is 5.81. The van der Waals surface area contributed by atoms with E-state index in [1.54, 1.807) is 28.4 Å². The Morgan fingerprint density at radius 2 is 1.52 bits per heavy atom. The molecule has 0 aliphatic heterocycles. The Morgan fingerprint density at radius 3 is 2.11 bits per heavy atom.